The van der Waals surface area contributed by atoms with E-state index in [0.29, 0.717) is 12.4 Å². The van der Waals surface area contributed by atoms with Gasteiger partial charge in [-0.25, -0.2) is 0 Å². The highest BCUT2D eigenvalue weighted by Crippen LogP contribution is 1.96. The molecule has 0 aromatic rings. The van der Waals surface area contributed by atoms with Gasteiger partial charge < -0.3 is 9.47 Å². The summed E-state index contributed by atoms with van der Waals surface area (Å²) in [7, 11) is 1.55. The van der Waals surface area contributed by atoms with Gasteiger partial charge >= 0.3 is 5.97 Å². The number of allylic oxidation sites excluding steroid dienone is 1. The van der Waals surface area contributed by atoms with E-state index in [0.717, 1.165) is 0 Å². The van der Waals surface area contributed by atoms with Gasteiger partial charge in [0.1, 0.15) is 12.4 Å². The second-order valence-electron chi connectivity index (χ2n) is 1.78. The molecular formula is C7H12O3. The van der Waals surface area contributed by atoms with Gasteiger partial charge in [-0.1, -0.05) is 0 Å². The number of carbonyl (C=O) groups excluding carboxylic acids is 1. The minimum atomic E-state index is -0.315. The summed E-state index contributed by atoms with van der Waals surface area (Å²) in [5.74, 6) is 0.236. The Bertz CT molecular complexity index is 138. The monoisotopic (exact) mass is 144 g/mol. The number of carbonyl (C=O) groups is 1. The number of esters is 1. The highest BCUT2D eigenvalue weighted by Gasteiger charge is 1.98. The molecule has 0 atom stereocenters. The molecule has 0 unspecified atom stereocenters. The van der Waals surface area contributed by atoms with Crippen LogP contribution in [-0.4, -0.2) is 19.7 Å². The van der Waals surface area contributed by atoms with Crippen molar-refractivity contribution in [3.63, 3.8) is 0 Å². The molecule has 0 aliphatic heterocycles. The van der Waals surface area contributed by atoms with Crippen LogP contribution in [0.2, 0.25) is 0 Å². The molecule has 0 saturated heterocycles. The van der Waals surface area contributed by atoms with Gasteiger partial charge in [0.15, 0.2) is 0 Å². The maximum absolute atomic E-state index is 10.4. The normalized spacial score (nSPS) is 11.3. The quantitative estimate of drug-likeness (QED) is 0.439. The lowest BCUT2D eigenvalue weighted by Crippen LogP contribution is -2.03. The Kier molecular flexibility index (Phi) is 4.58. The maximum Gasteiger partial charge on any atom is 0.307 e. The zero-order valence-corrected chi connectivity index (χ0v) is 6.51. The van der Waals surface area contributed by atoms with Gasteiger partial charge in [-0.05, 0) is 13.0 Å². The van der Waals surface area contributed by atoms with Crippen molar-refractivity contribution in [2.24, 2.45) is 0 Å². The van der Waals surface area contributed by atoms with Crippen LogP contribution in [0.4, 0.5) is 0 Å². The third-order valence-electron chi connectivity index (χ3n) is 0.883. The van der Waals surface area contributed by atoms with Gasteiger partial charge in [0.2, 0.25) is 0 Å². The van der Waals surface area contributed by atoms with Crippen LogP contribution in [0.3, 0.4) is 0 Å². The van der Waals surface area contributed by atoms with Crippen molar-refractivity contribution in [3.8, 4) is 0 Å². The first kappa shape index (κ1) is 9.17. The van der Waals surface area contributed by atoms with Gasteiger partial charge in [0, 0.05) is 14.0 Å². The van der Waals surface area contributed by atoms with E-state index in [1.807, 2.05) is 0 Å². The molecule has 0 rings (SSSR count). The molecule has 0 fully saturated rings. The summed E-state index contributed by atoms with van der Waals surface area (Å²) in [4.78, 5) is 10.4. The summed E-state index contributed by atoms with van der Waals surface area (Å²) in [6.07, 6.45) is 1.70. The van der Waals surface area contributed by atoms with Crippen LogP contribution in [0.15, 0.2) is 11.8 Å². The summed E-state index contributed by atoms with van der Waals surface area (Å²) in [6, 6.07) is 0. The largest absolute Gasteiger partial charge is 0.429 e. The lowest BCUT2D eigenvalue weighted by Gasteiger charge is -2.03. The third-order valence-corrected chi connectivity index (χ3v) is 0.883. The molecule has 3 heteroatoms. The molecule has 0 N–H and O–H groups in total. The number of methoxy groups -OCH3 is 1. The molecule has 0 amide bonds. The Morgan fingerprint density at radius 2 is 2.20 bits per heavy atom. The fourth-order valence-electron chi connectivity index (χ4n) is 0.499. The highest BCUT2D eigenvalue weighted by molar-refractivity contribution is 5.67. The first-order valence-corrected chi connectivity index (χ1v) is 3.03. The van der Waals surface area contributed by atoms with E-state index in [1.54, 1.807) is 20.1 Å². The number of hydrogen-bond donors (Lipinski definition) is 0. The van der Waals surface area contributed by atoms with Gasteiger partial charge in [0.25, 0.3) is 0 Å². The van der Waals surface area contributed by atoms with Crippen LogP contribution in [-0.2, 0) is 14.3 Å². The fraction of sp³-hybridized carbons (Fsp3) is 0.571. The minimum Gasteiger partial charge on any atom is -0.429 e. The molecule has 0 spiro atoms. The van der Waals surface area contributed by atoms with Crippen molar-refractivity contribution in [1.29, 1.82) is 0 Å². The molecule has 10 heavy (non-hydrogen) atoms. The average molecular weight is 144 g/mol. The second-order valence-corrected chi connectivity index (χ2v) is 1.78. The Hall–Kier alpha value is -0.830. The van der Waals surface area contributed by atoms with E-state index in [4.69, 9.17) is 9.47 Å². The Morgan fingerprint density at radius 3 is 2.50 bits per heavy atom. The number of hydrogen-bond acceptors (Lipinski definition) is 3. The van der Waals surface area contributed by atoms with Crippen LogP contribution < -0.4 is 0 Å². The molecule has 0 aromatic carbocycles. The van der Waals surface area contributed by atoms with Crippen molar-refractivity contribution in [1.82, 2.24) is 0 Å². The van der Waals surface area contributed by atoms with Gasteiger partial charge in [-0.3, -0.25) is 4.79 Å². The molecule has 0 aliphatic carbocycles. The second kappa shape index (κ2) is 4.99. The van der Waals surface area contributed by atoms with E-state index in [-0.39, 0.29) is 5.97 Å². The van der Waals surface area contributed by atoms with Crippen molar-refractivity contribution < 1.29 is 14.3 Å². The molecule has 0 heterocycles. The van der Waals surface area contributed by atoms with Gasteiger partial charge in [0.05, 0.1) is 0 Å². The molecule has 3 nitrogen and oxygen atoms in total. The number of ether oxygens (including phenoxy) is 2. The Morgan fingerprint density at radius 1 is 1.60 bits per heavy atom. The predicted molar refractivity (Wildman–Crippen MR) is 37.4 cm³/mol. The molecule has 0 aliphatic rings. The first-order chi connectivity index (χ1) is 4.70. The van der Waals surface area contributed by atoms with E-state index in [9.17, 15) is 4.79 Å². The zero-order chi connectivity index (χ0) is 7.98. The number of rotatable bonds is 3. The summed E-state index contributed by atoms with van der Waals surface area (Å²) in [5.41, 5.74) is 0. The molecule has 0 bridgehead atoms. The van der Waals surface area contributed by atoms with Crippen molar-refractivity contribution in [2.45, 2.75) is 13.8 Å². The van der Waals surface area contributed by atoms with Crippen LogP contribution in [0, 0.1) is 0 Å². The average Bonchev–Trinajstić information content (AvgIpc) is 1.86. The predicted octanol–water partition coefficient (Wildman–Crippen LogP) is 1.10. The summed E-state index contributed by atoms with van der Waals surface area (Å²) in [6.45, 7) is 3.49. The lowest BCUT2D eigenvalue weighted by atomic mass is 10.5. The first-order valence-electron chi connectivity index (χ1n) is 3.03. The summed E-state index contributed by atoms with van der Waals surface area (Å²) in [5, 5.41) is 0. The molecular weight excluding hydrogens is 132 g/mol. The standard InChI is InChI=1S/C7H12O3/c1-4-7(5-9-3)10-6(2)8/h4H,5H2,1-3H3/b7-4-. The lowest BCUT2D eigenvalue weighted by molar-refractivity contribution is -0.137. The van der Waals surface area contributed by atoms with Crippen molar-refractivity contribution in [3.05, 3.63) is 11.8 Å². The maximum atomic E-state index is 10.4. The summed E-state index contributed by atoms with van der Waals surface area (Å²) >= 11 is 0. The van der Waals surface area contributed by atoms with Crippen LogP contribution >= 0.6 is 0 Å². The molecule has 0 radical (unpaired) electrons. The fourth-order valence-corrected chi connectivity index (χ4v) is 0.499. The topological polar surface area (TPSA) is 35.5 Å². The minimum absolute atomic E-state index is 0.315. The SMILES string of the molecule is C/C=C(/COC)OC(C)=O. The van der Waals surface area contributed by atoms with E-state index >= 15 is 0 Å². The van der Waals surface area contributed by atoms with Crippen molar-refractivity contribution in [2.75, 3.05) is 13.7 Å². The van der Waals surface area contributed by atoms with Gasteiger partial charge in [-0.15, -0.1) is 0 Å². The third kappa shape index (κ3) is 4.09. The van der Waals surface area contributed by atoms with Crippen molar-refractivity contribution >= 4 is 5.97 Å². The Balaban J connectivity index is 3.73. The summed E-state index contributed by atoms with van der Waals surface area (Å²) < 4.78 is 9.49. The van der Waals surface area contributed by atoms with Gasteiger partial charge in [-0.2, -0.15) is 0 Å². The molecule has 0 saturated carbocycles. The van der Waals surface area contributed by atoms with E-state index < -0.39 is 0 Å². The van der Waals surface area contributed by atoms with Crippen LogP contribution in [0.25, 0.3) is 0 Å². The Labute approximate surface area is 60.6 Å². The zero-order valence-electron chi connectivity index (χ0n) is 6.51. The molecule has 0 aromatic heterocycles. The van der Waals surface area contributed by atoms with E-state index in [1.165, 1.54) is 6.92 Å². The smallest absolute Gasteiger partial charge is 0.307 e. The van der Waals surface area contributed by atoms with Crippen LogP contribution in [0.5, 0.6) is 0 Å². The molecule has 58 valence electrons. The van der Waals surface area contributed by atoms with Crippen LogP contribution in [0.1, 0.15) is 13.8 Å². The highest BCUT2D eigenvalue weighted by atomic mass is 16.6. The van der Waals surface area contributed by atoms with E-state index in [2.05, 4.69) is 0 Å².